The van der Waals surface area contributed by atoms with E-state index in [0.717, 1.165) is 11.1 Å². The lowest BCUT2D eigenvalue weighted by atomic mass is 10.0. The van der Waals surface area contributed by atoms with Gasteiger partial charge in [0, 0.05) is 5.02 Å². The molecule has 0 spiro atoms. The number of hydrogen-bond donors (Lipinski definition) is 2. The number of methoxy groups -OCH3 is 1. The number of para-hydroxylation sites is 1. The SMILES string of the molecule is COc1cc(/C=N\NC(=O)[C@@H](CC(C)C)NC(=O)COc2ccccc2C)cc(Br)c1OCc1ccc(Cl)cc1. The first kappa shape index (κ1) is 31.0. The summed E-state index contributed by atoms with van der Waals surface area (Å²) in [5.41, 5.74) is 5.07. The minimum Gasteiger partial charge on any atom is -0.493 e. The molecule has 0 heterocycles. The number of carbonyl (C=O) groups is 2. The highest BCUT2D eigenvalue weighted by molar-refractivity contribution is 9.10. The van der Waals surface area contributed by atoms with Crippen LogP contribution in [0.2, 0.25) is 5.02 Å². The Bertz CT molecular complexity index is 1330. The maximum Gasteiger partial charge on any atom is 0.262 e. The summed E-state index contributed by atoms with van der Waals surface area (Å²) in [6.45, 7) is 5.97. The third-order valence-electron chi connectivity index (χ3n) is 5.75. The Kier molecular flexibility index (Phi) is 11.8. The number of carbonyl (C=O) groups excluding carboxylic acids is 2. The summed E-state index contributed by atoms with van der Waals surface area (Å²) >= 11 is 9.47. The van der Waals surface area contributed by atoms with E-state index >= 15 is 0 Å². The Labute approximate surface area is 248 Å². The molecule has 212 valence electrons. The van der Waals surface area contributed by atoms with Gasteiger partial charge >= 0.3 is 0 Å². The second-order valence-electron chi connectivity index (χ2n) is 9.49. The second kappa shape index (κ2) is 15.3. The molecular weight excluding hydrogens is 598 g/mol. The van der Waals surface area contributed by atoms with Crippen LogP contribution in [0.15, 0.2) is 70.2 Å². The molecule has 3 rings (SSSR count). The van der Waals surface area contributed by atoms with Gasteiger partial charge in [-0.2, -0.15) is 5.10 Å². The Morgan fingerprint density at radius 3 is 2.45 bits per heavy atom. The van der Waals surface area contributed by atoms with Gasteiger partial charge in [-0.05, 0) is 82.2 Å². The van der Waals surface area contributed by atoms with Gasteiger partial charge in [-0.15, -0.1) is 0 Å². The largest absolute Gasteiger partial charge is 0.493 e. The molecule has 0 bridgehead atoms. The lowest BCUT2D eigenvalue weighted by molar-refractivity contribution is -0.130. The Balaban J connectivity index is 1.60. The number of amides is 2. The summed E-state index contributed by atoms with van der Waals surface area (Å²) in [5, 5.41) is 7.50. The molecule has 40 heavy (non-hydrogen) atoms. The van der Waals surface area contributed by atoms with Crippen molar-refractivity contribution in [2.45, 2.75) is 39.8 Å². The summed E-state index contributed by atoms with van der Waals surface area (Å²) in [6.07, 6.45) is 1.93. The minimum atomic E-state index is -0.768. The third kappa shape index (κ3) is 9.57. The smallest absolute Gasteiger partial charge is 0.262 e. The average Bonchev–Trinajstić information content (AvgIpc) is 2.92. The van der Waals surface area contributed by atoms with Crippen LogP contribution in [0.4, 0.5) is 0 Å². The average molecular weight is 631 g/mol. The zero-order valence-electron chi connectivity index (χ0n) is 22.9. The van der Waals surface area contributed by atoms with Crippen molar-refractivity contribution in [1.29, 1.82) is 0 Å². The van der Waals surface area contributed by atoms with Crippen LogP contribution in [-0.4, -0.2) is 37.8 Å². The zero-order valence-corrected chi connectivity index (χ0v) is 25.2. The molecule has 10 heteroatoms. The molecule has 0 aliphatic heterocycles. The monoisotopic (exact) mass is 629 g/mol. The van der Waals surface area contributed by atoms with Crippen molar-refractivity contribution < 1.29 is 23.8 Å². The van der Waals surface area contributed by atoms with Crippen LogP contribution >= 0.6 is 27.5 Å². The molecule has 2 amide bonds. The van der Waals surface area contributed by atoms with Crippen LogP contribution in [0.5, 0.6) is 17.2 Å². The number of aryl methyl sites for hydroxylation is 1. The number of rotatable bonds is 13. The molecule has 8 nitrogen and oxygen atoms in total. The van der Waals surface area contributed by atoms with E-state index in [1.165, 1.54) is 6.21 Å². The summed E-state index contributed by atoms with van der Waals surface area (Å²) in [6, 6.07) is 17.6. The number of benzene rings is 3. The molecule has 0 aromatic heterocycles. The molecular formula is C30H33BrClN3O5. The van der Waals surface area contributed by atoms with Crippen LogP contribution in [-0.2, 0) is 16.2 Å². The summed E-state index contributed by atoms with van der Waals surface area (Å²) < 4.78 is 17.7. The molecule has 1 atom stereocenters. The number of hydrazone groups is 1. The van der Waals surface area contributed by atoms with Crippen LogP contribution in [0.25, 0.3) is 0 Å². The lowest BCUT2D eigenvalue weighted by Gasteiger charge is -2.19. The Morgan fingerprint density at radius 2 is 1.77 bits per heavy atom. The van der Waals surface area contributed by atoms with Gasteiger partial charge < -0.3 is 19.5 Å². The third-order valence-corrected chi connectivity index (χ3v) is 6.59. The normalized spacial score (nSPS) is 11.8. The van der Waals surface area contributed by atoms with E-state index in [1.54, 1.807) is 37.4 Å². The number of ether oxygens (including phenoxy) is 3. The number of hydrogen-bond acceptors (Lipinski definition) is 6. The van der Waals surface area contributed by atoms with Crippen molar-refractivity contribution in [3.63, 3.8) is 0 Å². The lowest BCUT2D eigenvalue weighted by Crippen LogP contribution is -2.47. The van der Waals surface area contributed by atoms with E-state index in [9.17, 15) is 9.59 Å². The van der Waals surface area contributed by atoms with Gasteiger partial charge in [0.2, 0.25) is 0 Å². The van der Waals surface area contributed by atoms with Gasteiger partial charge in [0.25, 0.3) is 11.8 Å². The zero-order chi connectivity index (χ0) is 29.1. The molecule has 3 aromatic carbocycles. The van der Waals surface area contributed by atoms with E-state index in [4.69, 9.17) is 25.8 Å². The minimum absolute atomic E-state index is 0.165. The molecule has 3 aromatic rings. The fourth-order valence-electron chi connectivity index (χ4n) is 3.74. The van der Waals surface area contributed by atoms with E-state index in [1.807, 2.05) is 51.1 Å². The van der Waals surface area contributed by atoms with Crippen LogP contribution in [0.1, 0.15) is 37.0 Å². The first-order chi connectivity index (χ1) is 19.2. The van der Waals surface area contributed by atoms with Crippen LogP contribution < -0.4 is 25.0 Å². The molecule has 0 aliphatic carbocycles. The molecule has 0 saturated carbocycles. The van der Waals surface area contributed by atoms with Crippen molar-refractivity contribution in [3.05, 3.63) is 86.8 Å². The van der Waals surface area contributed by atoms with E-state index in [2.05, 4.69) is 31.8 Å². The first-order valence-electron chi connectivity index (χ1n) is 12.7. The standard InChI is InChI=1S/C30H33BrClN3O5/c1-19(2)13-25(34-28(36)18-39-26-8-6-5-7-20(26)3)30(37)35-33-16-22-14-24(31)29(27(15-22)38-4)40-17-21-9-11-23(32)12-10-21/h5-12,14-16,19,25H,13,17-18H2,1-4H3,(H,34,36)(H,35,37)/b33-16-/t25-/m1/s1. The van der Waals surface area contributed by atoms with Gasteiger partial charge in [0.15, 0.2) is 18.1 Å². The van der Waals surface area contributed by atoms with Crippen molar-refractivity contribution in [1.82, 2.24) is 10.7 Å². The topological polar surface area (TPSA) is 98.2 Å². The first-order valence-corrected chi connectivity index (χ1v) is 13.9. The van der Waals surface area contributed by atoms with Crippen molar-refractivity contribution in [2.75, 3.05) is 13.7 Å². The molecule has 2 N–H and O–H groups in total. The quantitative estimate of drug-likeness (QED) is 0.177. The van der Waals surface area contributed by atoms with Crippen LogP contribution in [0, 0.1) is 12.8 Å². The highest BCUT2D eigenvalue weighted by Gasteiger charge is 2.22. The van der Waals surface area contributed by atoms with Gasteiger partial charge in [-0.3, -0.25) is 9.59 Å². The fourth-order valence-corrected chi connectivity index (χ4v) is 4.44. The Hall–Kier alpha value is -3.56. The number of nitrogens with one attached hydrogen (secondary N) is 2. The number of halogens is 2. The maximum absolute atomic E-state index is 12.9. The predicted octanol–water partition coefficient (Wildman–Crippen LogP) is 6.06. The van der Waals surface area contributed by atoms with Gasteiger partial charge in [-0.25, -0.2) is 5.43 Å². The Morgan fingerprint density at radius 1 is 1.05 bits per heavy atom. The highest BCUT2D eigenvalue weighted by Crippen LogP contribution is 2.37. The summed E-state index contributed by atoms with van der Waals surface area (Å²) in [4.78, 5) is 25.4. The summed E-state index contributed by atoms with van der Waals surface area (Å²) in [7, 11) is 1.54. The van der Waals surface area contributed by atoms with Crippen molar-refractivity contribution >= 4 is 45.6 Å². The van der Waals surface area contributed by atoms with Gasteiger partial charge in [-0.1, -0.05) is 55.8 Å². The maximum atomic E-state index is 12.9. The molecule has 0 saturated heterocycles. The van der Waals surface area contributed by atoms with E-state index in [0.29, 0.717) is 45.3 Å². The van der Waals surface area contributed by atoms with Crippen molar-refractivity contribution in [2.24, 2.45) is 11.0 Å². The van der Waals surface area contributed by atoms with Crippen LogP contribution in [0.3, 0.4) is 0 Å². The van der Waals surface area contributed by atoms with Crippen molar-refractivity contribution in [3.8, 4) is 17.2 Å². The van der Waals surface area contributed by atoms with Gasteiger partial charge in [0.05, 0.1) is 17.8 Å². The molecule has 0 aliphatic rings. The van der Waals surface area contributed by atoms with E-state index < -0.39 is 17.9 Å². The molecule has 0 unspecified atom stereocenters. The highest BCUT2D eigenvalue weighted by atomic mass is 79.9. The predicted molar refractivity (Wildman–Crippen MR) is 160 cm³/mol. The summed E-state index contributed by atoms with van der Waals surface area (Å²) in [5.74, 6) is 0.994. The van der Waals surface area contributed by atoms with E-state index in [-0.39, 0.29) is 12.5 Å². The number of nitrogens with zero attached hydrogens (tertiary/aromatic N) is 1. The van der Waals surface area contributed by atoms with Gasteiger partial charge in [0.1, 0.15) is 18.4 Å². The molecule has 0 radical (unpaired) electrons. The fraction of sp³-hybridized carbons (Fsp3) is 0.300. The molecule has 0 fully saturated rings. The second-order valence-corrected chi connectivity index (χ2v) is 10.8.